The Hall–Kier alpha value is -2.56. The summed E-state index contributed by atoms with van der Waals surface area (Å²) in [6, 6.07) is 10.7. The number of aryl methyl sites for hydroxylation is 1. The molecule has 5 nitrogen and oxygen atoms in total. The largest absolute Gasteiger partial charge is 0.368 e. The molecule has 148 valence electrons. The first-order chi connectivity index (χ1) is 13.6. The lowest BCUT2D eigenvalue weighted by atomic mass is 10.1. The van der Waals surface area contributed by atoms with Gasteiger partial charge in [0.2, 0.25) is 0 Å². The molecule has 0 atom stereocenters. The maximum atomic E-state index is 12.4. The van der Waals surface area contributed by atoms with Crippen molar-refractivity contribution in [2.75, 3.05) is 36.0 Å². The summed E-state index contributed by atoms with van der Waals surface area (Å²) >= 11 is 0. The fourth-order valence-corrected chi connectivity index (χ4v) is 4.32. The predicted molar refractivity (Wildman–Crippen MR) is 114 cm³/mol. The minimum atomic E-state index is -0.0433. The van der Waals surface area contributed by atoms with Crippen LogP contribution in [0.4, 0.5) is 11.4 Å². The van der Waals surface area contributed by atoms with E-state index in [0.29, 0.717) is 11.7 Å². The van der Waals surface area contributed by atoms with E-state index < -0.39 is 0 Å². The molecule has 1 amide bonds. The highest BCUT2D eigenvalue weighted by Crippen LogP contribution is 2.25. The van der Waals surface area contributed by atoms with Crippen molar-refractivity contribution in [1.29, 1.82) is 0 Å². The summed E-state index contributed by atoms with van der Waals surface area (Å²) in [6.45, 7) is 8.29. The second-order valence-electron chi connectivity index (χ2n) is 8.05. The third-order valence-electron chi connectivity index (χ3n) is 6.23. The monoisotopic (exact) mass is 378 g/mol. The van der Waals surface area contributed by atoms with Crippen LogP contribution in [0.1, 0.15) is 47.3 Å². The molecule has 0 spiro atoms. The van der Waals surface area contributed by atoms with Crippen molar-refractivity contribution < 1.29 is 4.79 Å². The van der Waals surface area contributed by atoms with Gasteiger partial charge >= 0.3 is 0 Å². The van der Waals surface area contributed by atoms with Crippen LogP contribution in [0.3, 0.4) is 0 Å². The number of nitrogens with one attached hydrogen (secondary N) is 1. The molecule has 2 aromatic rings. The van der Waals surface area contributed by atoms with Crippen LogP contribution in [0.15, 0.2) is 36.5 Å². The lowest BCUT2D eigenvalue weighted by molar-refractivity contribution is 0.0933. The van der Waals surface area contributed by atoms with Crippen molar-refractivity contribution >= 4 is 17.3 Å². The number of hydrogen-bond acceptors (Lipinski definition) is 4. The smallest absolute Gasteiger partial charge is 0.270 e. The van der Waals surface area contributed by atoms with Crippen molar-refractivity contribution in [3.05, 3.63) is 53.3 Å². The summed E-state index contributed by atoms with van der Waals surface area (Å²) in [6.07, 6.45) is 6.46. The van der Waals surface area contributed by atoms with Gasteiger partial charge in [-0.2, -0.15) is 0 Å². The number of carbonyl (C=O) groups is 1. The number of hydrogen-bond donors (Lipinski definition) is 1. The predicted octanol–water partition coefficient (Wildman–Crippen LogP) is 3.70. The molecule has 4 rings (SSSR count). The zero-order chi connectivity index (χ0) is 19.5. The standard InChI is InChI=1S/C23H30N4O/c1-17-6-5-9-22(18(17)2)27-14-12-26(13-15-27)20-10-11-21(24-16-20)23(28)25-19-7-3-4-8-19/h5-6,9-11,16,19H,3-4,7-8,12-15H2,1-2H3,(H,25,28). The van der Waals surface area contributed by atoms with Crippen molar-refractivity contribution in [3.8, 4) is 0 Å². The number of nitrogens with zero attached hydrogens (tertiary/aromatic N) is 3. The van der Waals surface area contributed by atoms with Crippen molar-refractivity contribution in [2.24, 2.45) is 0 Å². The molecule has 1 aliphatic carbocycles. The first-order valence-corrected chi connectivity index (χ1v) is 10.4. The number of anilines is 2. The topological polar surface area (TPSA) is 48.5 Å². The van der Waals surface area contributed by atoms with Gasteiger partial charge in [0.25, 0.3) is 5.91 Å². The number of benzene rings is 1. The summed E-state index contributed by atoms with van der Waals surface area (Å²) in [5.41, 5.74) is 5.67. The van der Waals surface area contributed by atoms with E-state index in [1.807, 2.05) is 18.3 Å². The molecule has 28 heavy (non-hydrogen) atoms. The number of piperazine rings is 1. The molecule has 5 heteroatoms. The minimum Gasteiger partial charge on any atom is -0.368 e. The molecule has 0 unspecified atom stereocenters. The summed E-state index contributed by atoms with van der Waals surface area (Å²) in [7, 11) is 0. The molecule has 1 saturated heterocycles. The Labute approximate surface area is 167 Å². The first-order valence-electron chi connectivity index (χ1n) is 10.4. The van der Waals surface area contributed by atoms with Crippen molar-refractivity contribution in [3.63, 3.8) is 0 Å². The summed E-state index contributed by atoms with van der Waals surface area (Å²) < 4.78 is 0. The molecule has 2 fully saturated rings. The van der Waals surface area contributed by atoms with Crippen molar-refractivity contribution in [1.82, 2.24) is 10.3 Å². The molecule has 2 heterocycles. The highest BCUT2D eigenvalue weighted by Gasteiger charge is 2.21. The fraction of sp³-hybridized carbons (Fsp3) is 0.478. The van der Waals surface area contributed by atoms with Gasteiger partial charge in [-0.05, 0) is 56.0 Å². The van der Waals surface area contributed by atoms with E-state index >= 15 is 0 Å². The lowest BCUT2D eigenvalue weighted by Gasteiger charge is -2.38. The van der Waals surface area contributed by atoms with Crippen LogP contribution in [0.2, 0.25) is 0 Å². The molecule has 1 aromatic heterocycles. The Morgan fingerprint density at radius 3 is 2.39 bits per heavy atom. The molecule has 1 N–H and O–H groups in total. The average Bonchev–Trinajstić information content (AvgIpc) is 3.23. The van der Waals surface area contributed by atoms with Crippen LogP contribution in [0.5, 0.6) is 0 Å². The third kappa shape index (κ3) is 3.98. The van der Waals surface area contributed by atoms with E-state index in [9.17, 15) is 4.79 Å². The van der Waals surface area contributed by atoms with Crippen LogP contribution in [-0.4, -0.2) is 43.1 Å². The van der Waals surface area contributed by atoms with Crippen molar-refractivity contribution in [2.45, 2.75) is 45.6 Å². The third-order valence-corrected chi connectivity index (χ3v) is 6.23. The van der Waals surface area contributed by atoms with Gasteiger partial charge in [-0.3, -0.25) is 4.79 Å². The Bertz CT molecular complexity index is 819. The summed E-state index contributed by atoms with van der Waals surface area (Å²) in [4.78, 5) is 21.6. The highest BCUT2D eigenvalue weighted by atomic mass is 16.1. The summed E-state index contributed by atoms with van der Waals surface area (Å²) in [5, 5.41) is 3.11. The van der Waals surface area contributed by atoms with Gasteiger partial charge in [-0.15, -0.1) is 0 Å². The second kappa shape index (κ2) is 8.21. The zero-order valence-electron chi connectivity index (χ0n) is 16.9. The average molecular weight is 379 g/mol. The van der Waals surface area contributed by atoms with Crippen LogP contribution < -0.4 is 15.1 Å². The Kier molecular flexibility index (Phi) is 5.51. The molecule has 2 aliphatic rings. The molecule has 1 aromatic carbocycles. The molecular weight excluding hydrogens is 348 g/mol. The van der Waals surface area contributed by atoms with Crippen LogP contribution >= 0.6 is 0 Å². The van der Waals surface area contributed by atoms with E-state index in [-0.39, 0.29) is 5.91 Å². The number of aromatic nitrogens is 1. The maximum Gasteiger partial charge on any atom is 0.270 e. The van der Waals surface area contributed by atoms with Gasteiger partial charge in [-0.25, -0.2) is 4.98 Å². The van der Waals surface area contributed by atoms with E-state index in [4.69, 9.17) is 0 Å². The fourth-order valence-electron chi connectivity index (χ4n) is 4.32. The molecular formula is C23H30N4O. The Balaban J connectivity index is 1.35. The van der Waals surface area contributed by atoms with Gasteiger partial charge < -0.3 is 15.1 Å². The highest BCUT2D eigenvalue weighted by molar-refractivity contribution is 5.92. The number of carbonyl (C=O) groups excluding carboxylic acids is 1. The Morgan fingerprint density at radius 2 is 1.71 bits per heavy atom. The Morgan fingerprint density at radius 1 is 1.00 bits per heavy atom. The van der Waals surface area contributed by atoms with Gasteiger partial charge in [0.15, 0.2) is 0 Å². The molecule has 1 saturated carbocycles. The molecule has 0 bridgehead atoms. The lowest BCUT2D eigenvalue weighted by Crippen LogP contribution is -2.46. The van der Waals surface area contributed by atoms with Gasteiger partial charge in [0.05, 0.1) is 11.9 Å². The summed E-state index contributed by atoms with van der Waals surface area (Å²) in [5.74, 6) is -0.0433. The maximum absolute atomic E-state index is 12.4. The number of rotatable bonds is 4. The van der Waals surface area contributed by atoms with E-state index in [0.717, 1.165) is 44.7 Å². The van der Waals surface area contributed by atoms with Crippen LogP contribution in [0.25, 0.3) is 0 Å². The van der Waals surface area contributed by atoms with E-state index in [1.54, 1.807) is 0 Å². The SMILES string of the molecule is Cc1cccc(N2CCN(c3ccc(C(=O)NC4CCCC4)nc3)CC2)c1C. The van der Waals surface area contributed by atoms with E-state index in [2.05, 4.69) is 52.1 Å². The second-order valence-corrected chi connectivity index (χ2v) is 8.05. The zero-order valence-corrected chi connectivity index (χ0v) is 16.9. The first kappa shape index (κ1) is 18.8. The van der Waals surface area contributed by atoms with Gasteiger partial charge in [0, 0.05) is 37.9 Å². The molecule has 0 radical (unpaired) electrons. The number of amides is 1. The van der Waals surface area contributed by atoms with E-state index in [1.165, 1.54) is 29.7 Å². The van der Waals surface area contributed by atoms with Crippen LogP contribution in [0, 0.1) is 13.8 Å². The van der Waals surface area contributed by atoms with Gasteiger partial charge in [0.1, 0.15) is 5.69 Å². The molecule has 1 aliphatic heterocycles. The van der Waals surface area contributed by atoms with Gasteiger partial charge in [-0.1, -0.05) is 25.0 Å². The minimum absolute atomic E-state index is 0.0433. The van der Waals surface area contributed by atoms with Crippen LogP contribution in [-0.2, 0) is 0 Å². The normalized spacial score (nSPS) is 17.8. The quantitative estimate of drug-likeness (QED) is 0.881. The number of pyridine rings is 1.